The molecule has 2 aromatic carbocycles. The number of thioether (sulfide) groups is 1. The fourth-order valence-electron chi connectivity index (χ4n) is 3.47. The molecule has 4 rings (SSSR count). The lowest BCUT2D eigenvalue weighted by Gasteiger charge is -2.19. The predicted molar refractivity (Wildman–Crippen MR) is 137 cm³/mol. The van der Waals surface area contributed by atoms with Crippen LogP contribution >= 0.6 is 23.1 Å². The van der Waals surface area contributed by atoms with E-state index < -0.39 is 0 Å². The predicted octanol–water partition coefficient (Wildman–Crippen LogP) is 6.90. The third kappa shape index (κ3) is 5.84. The van der Waals surface area contributed by atoms with Crippen molar-refractivity contribution in [3.8, 4) is 16.3 Å². The summed E-state index contributed by atoms with van der Waals surface area (Å²) in [5, 5.41) is 12.9. The van der Waals surface area contributed by atoms with Crippen molar-refractivity contribution in [1.82, 2.24) is 19.7 Å². The Morgan fingerprint density at radius 1 is 1.06 bits per heavy atom. The molecule has 0 aliphatic carbocycles. The molecule has 0 bridgehead atoms. The summed E-state index contributed by atoms with van der Waals surface area (Å²) < 4.78 is 8.11. The Hall–Kier alpha value is -2.64. The van der Waals surface area contributed by atoms with Crippen molar-refractivity contribution in [1.29, 1.82) is 0 Å². The van der Waals surface area contributed by atoms with Crippen LogP contribution in [0.15, 0.2) is 59.1 Å². The van der Waals surface area contributed by atoms with E-state index in [1.807, 2.05) is 12.1 Å². The van der Waals surface area contributed by atoms with E-state index in [4.69, 9.17) is 9.72 Å². The number of aryl methyl sites for hydroxylation is 1. The quantitative estimate of drug-likeness (QED) is 0.258. The van der Waals surface area contributed by atoms with Crippen LogP contribution in [0, 0.1) is 6.92 Å². The number of hydrogen-bond donors (Lipinski definition) is 0. The van der Waals surface area contributed by atoms with Crippen molar-refractivity contribution in [2.75, 3.05) is 0 Å². The van der Waals surface area contributed by atoms with E-state index in [0.717, 1.165) is 39.7 Å². The van der Waals surface area contributed by atoms with E-state index >= 15 is 0 Å². The van der Waals surface area contributed by atoms with Gasteiger partial charge in [-0.1, -0.05) is 68.4 Å². The summed E-state index contributed by atoms with van der Waals surface area (Å²) in [6.07, 6.45) is 0. The second-order valence-corrected chi connectivity index (χ2v) is 10.8. The van der Waals surface area contributed by atoms with Crippen LogP contribution in [-0.2, 0) is 24.3 Å². The number of benzene rings is 2. The molecule has 0 radical (unpaired) electrons. The maximum atomic E-state index is 6.00. The van der Waals surface area contributed by atoms with Gasteiger partial charge in [0.05, 0.1) is 5.69 Å². The van der Waals surface area contributed by atoms with Crippen LogP contribution in [0.2, 0.25) is 0 Å². The third-order valence-electron chi connectivity index (χ3n) is 5.36. The topological polar surface area (TPSA) is 52.8 Å². The van der Waals surface area contributed by atoms with Crippen molar-refractivity contribution < 1.29 is 4.74 Å². The van der Waals surface area contributed by atoms with E-state index in [2.05, 4.69) is 91.2 Å². The Morgan fingerprint density at radius 3 is 2.55 bits per heavy atom. The first-order valence-electron chi connectivity index (χ1n) is 11.1. The summed E-state index contributed by atoms with van der Waals surface area (Å²) in [6, 6.07) is 16.8. The van der Waals surface area contributed by atoms with Gasteiger partial charge in [0, 0.05) is 23.2 Å². The summed E-state index contributed by atoms with van der Waals surface area (Å²) >= 11 is 3.34. The van der Waals surface area contributed by atoms with Crippen molar-refractivity contribution in [3.05, 3.63) is 76.6 Å². The zero-order valence-corrected chi connectivity index (χ0v) is 21.5. The number of hydrogen-bond acceptors (Lipinski definition) is 6. The van der Waals surface area contributed by atoms with E-state index in [0.29, 0.717) is 6.61 Å². The van der Waals surface area contributed by atoms with Gasteiger partial charge in [0.2, 0.25) is 0 Å². The van der Waals surface area contributed by atoms with Crippen LogP contribution in [0.3, 0.4) is 0 Å². The van der Waals surface area contributed by atoms with Gasteiger partial charge in [0.1, 0.15) is 17.4 Å². The van der Waals surface area contributed by atoms with E-state index in [1.54, 1.807) is 23.1 Å². The molecule has 0 saturated heterocycles. The lowest BCUT2D eigenvalue weighted by atomic mass is 9.87. The fraction of sp³-hybridized carbons (Fsp3) is 0.346. The Bertz CT molecular complexity index is 1210. The molecular weight excluding hydrogens is 448 g/mol. The highest BCUT2D eigenvalue weighted by molar-refractivity contribution is 7.98. The molecule has 0 aliphatic rings. The molecule has 0 amide bonds. The molecule has 0 saturated carbocycles. The van der Waals surface area contributed by atoms with Crippen molar-refractivity contribution in [3.63, 3.8) is 0 Å². The molecule has 5 nitrogen and oxygen atoms in total. The summed E-state index contributed by atoms with van der Waals surface area (Å²) in [6.45, 7) is 12.0. The molecular formula is C26H30N4OS2. The Labute approximate surface area is 204 Å². The smallest absolute Gasteiger partial charge is 0.191 e. The SMILES string of the molecule is CCn1c(COc2ccc(C(C)(C)C)cc2)nnc1SCc1csc(-c2cccc(C)c2)n1. The van der Waals surface area contributed by atoms with Gasteiger partial charge >= 0.3 is 0 Å². The van der Waals surface area contributed by atoms with E-state index in [-0.39, 0.29) is 5.41 Å². The third-order valence-corrected chi connectivity index (χ3v) is 7.30. The Balaban J connectivity index is 1.38. The normalized spacial score (nSPS) is 11.7. The molecule has 0 N–H and O–H groups in total. The fourth-order valence-corrected chi connectivity index (χ4v) is 5.31. The van der Waals surface area contributed by atoms with Gasteiger partial charge in [-0.05, 0) is 43.0 Å². The molecule has 0 unspecified atom stereocenters. The molecule has 2 aromatic heterocycles. The van der Waals surface area contributed by atoms with Crippen molar-refractivity contribution in [2.24, 2.45) is 0 Å². The summed E-state index contributed by atoms with van der Waals surface area (Å²) in [7, 11) is 0. The highest BCUT2D eigenvalue weighted by Gasteiger charge is 2.15. The van der Waals surface area contributed by atoms with Crippen molar-refractivity contribution >= 4 is 23.1 Å². The Kier molecular flexibility index (Phi) is 7.20. The van der Waals surface area contributed by atoms with Gasteiger partial charge in [0.15, 0.2) is 11.0 Å². The first-order valence-corrected chi connectivity index (χ1v) is 13.0. The number of nitrogens with zero attached hydrogens (tertiary/aromatic N) is 4. The first kappa shape index (κ1) is 23.5. The average Bonchev–Trinajstić information content (AvgIpc) is 3.42. The lowest BCUT2D eigenvalue weighted by Crippen LogP contribution is -2.11. The molecule has 0 atom stereocenters. The number of ether oxygens (including phenoxy) is 1. The summed E-state index contributed by atoms with van der Waals surface area (Å²) in [4.78, 5) is 4.81. The number of aromatic nitrogens is 4. The number of rotatable bonds is 8. The lowest BCUT2D eigenvalue weighted by molar-refractivity contribution is 0.288. The highest BCUT2D eigenvalue weighted by Crippen LogP contribution is 2.29. The molecule has 0 aliphatic heterocycles. The minimum Gasteiger partial charge on any atom is -0.486 e. The van der Waals surface area contributed by atoms with Gasteiger partial charge in [-0.2, -0.15) is 0 Å². The zero-order chi connectivity index (χ0) is 23.4. The zero-order valence-electron chi connectivity index (χ0n) is 19.8. The number of thiazole rings is 1. The van der Waals surface area contributed by atoms with Crippen LogP contribution in [0.1, 0.15) is 50.3 Å². The van der Waals surface area contributed by atoms with Crippen LogP contribution in [0.5, 0.6) is 5.75 Å². The molecule has 7 heteroatoms. The standard InChI is InChI=1S/C26H30N4OS2/c1-6-30-23(15-31-22-12-10-20(11-13-22)26(3,4)5)28-29-25(30)33-17-21-16-32-24(27-21)19-9-7-8-18(2)14-19/h7-14,16H,6,15,17H2,1-5H3. The average molecular weight is 479 g/mol. The van der Waals surface area contributed by atoms with Gasteiger partial charge in [-0.3, -0.25) is 0 Å². The summed E-state index contributed by atoms with van der Waals surface area (Å²) in [5.74, 6) is 2.43. The monoisotopic (exact) mass is 478 g/mol. The maximum absolute atomic E-state index is 6.00. The first-order chi connectivity index (χ1) is 15.8. The highest BCUT2D eigenvalue weighted by atomic mass is 32.2. The molecule has 172 valence electrons. The van der Waals surface area contributed by atoms with Gasteiger partial charge in [-0.15, -0.1) is 21.5 Å². The molecule has 4 aromatic rings. The largest absolute Gasteiger partial charge is 0.486 e. The van der Waals surface area contributed by atoms with Gasteiger partial charge < -0.3 is 9.30 Å². The van der Waals surface area contributed by atoms with Crippen LogP contribution in [0.4, 0.5) is 0 Å². The molecule has 33 heavy (non-hydrogen) atoms. The summed E-state index contributed by atoms with van der Waals surface area (Å²) in [5.41, 5.74) is 4.89. The van der Waals surface area contributed by atoms with Gasteiger partial charge in [-0.25, -0.2) is 4.98 Å². The Morgan fingerprint density at radius 2 is 1.85 bits per heavy atom. The second kappa shape index (κ2) is 10.1. The minimum atomic E-state index is 0.130. The molecule has 2 heterocycles. The molecule has 0 spiro atoms. The van der Waals surface area contributed by atoms with Gasteiger partial charge in [0.25, 0.3) is 0 Å². The second-order valence-electron chi connectivity index (χ2n) is 9.01. The molecule has 0 fully saturated rings. The van der Waals surface area contributed by atoms with Crippen LogP contribution < -0.4 is 4.74 Å². The van der Waals surface area contributed by atoms with E-state index in [1.165, 1.54) is 16.7 Å². The van der Waals surface area contributed by atoms with Crippen molar-refractivity contribution in [2.45, 2.75) is 64.1 Å². The van der Waals surface area contributed by atoms with Crippen LogP contribution in [0.25, 0.3) is 10.6 Å². The minimum absolute atomic E-state index is 0.130. The van der Waals surface area contributed by atoms with E-state index in [9.17, 15) is 0 Å². The maximum Gasteiger partial charge on any atom is 0.191 e. The van der Waals surface area contributed by atoms with Crippen LogP contribution in [-0.4, -0.2) is 19.7 Å².